The number of hydrogen-bond donors (Lipinski definition) is 2. The first-order valence-corrected chi connectivity index (χ1v) is 11.5. The number of anilines is 1. The number of urea groups is 1. The van der Waals surface area contributed by atoms with Crippen LogP contribution in [0.5, 0.6) is 0 Å². The fourth-order valence-electron chi connectivity index (χ4n) is 3.44. The minimum Gasteiger partial charge on any atom is -0.379 e. The van der Waals surface area contributed by atoms with E-state index in [9.17, 15) is 13.2 Å². The molecule has 2 aliphatic heterocycles. The number of nitrogens with zero attached hydrogens (tertiary/aromatic N) is 2. The van der Waals surface area contributed by atoms with E-state index < -0.39 is 10.0 Å². The molecule has 1 aromatic rings. The van der Waals surface area contributed by atoms with Crippen molar-refractivity contribution in [3.8, 4) is 0 Å². The molecule has 1 aromatic carbocycles. The Labute approximate surface area is 167 Å². The second kappa shape index (κ2) is 10.2. The molecule has 156 valence electrons. The summed E-state index contributed by atoms with van der Waals surface area (Å²) in [5.41, 5.74) is 0.599. The Kier molecular flexibility index (Phi) is 7.66. The van der Waals surface area contributed by atoms with E-state index in [0.29, 0.717) is 32.0 Å². The number of morpholine rings is 1. The summed E-state index contributed by atoms with van der Waals surface area (Å²) in [6, 6.07) is 6.18. The maximum Gasteiger partial charge on any atom is 0.321 e. The number of nitrogens with one attached hydrogen (secondary N) is 2. The number of carbonyl (C=O) groups is 1. The van der Waals surface area contributed by atoms with Crippen LogP contribution in [0.3, 0.4) is 0 Å². The van der Waals surface area contributed by atoms with Crippen LogP contribution in [-0.2, 0) is 14.8 Å². The van der Waals surface area contributed by atoms with Gasteiger partial charge in [-0.25, -0.2) is 17.9 Å². The van der Waals surface area contributed by atoms with Gasteiger partial charge in [0.25, 0.3) is 0 Å². The monoisotopic (exact) mass is 410 g/mol. The minimum atomic E-state index is -3.56. The highest BCUT2D eigenvalue weighted by Gasteiger charge is 2.17. The molecule has 0 unspecified atom stereocenters. The average molecular weight is 411 g/mol. The third kappa shape index (κ3) is 6.16. The minimum absolute atomic E-state index is 0.124. The number of carbonyl (C=O) groups excluding carboxylic acids is 1. The van der Waals surface area contributed by atoms with Crippen molar-refractivity contribution in [2.75, 3.05) is 57.8 Å². The molecule has 8 nitrogen and oxygen atoms in total. The van der Waals surface area contributed by atoms with Gasteiger partial charge >= 0.3 is 6.03 Å². The van der Waals surface area contributed by atoms with Crippen LogP contribution in [0.15, 0.2) is 29.2 Å². The van der Waals surface area contributed by atoms with Gasteiger partial charge in [-0.15, -0.1) is 0 Å². The third-order valence-electron chi connectivity index (χ3n) is 5.13. The highest BCUT2D eigenvalue weighted by molar-refractivity contribution is 7.89. The molecule has 2 saturated heterocycles. The zero-order chi connectivity index (χ0) is 19.8. The van der Waals surface area contributed by atoms with Crippen molar-refractivity contribution in [1.29, 1.82) is 0 Å². The summed E-state index contributed by atoms with van der Waals surface area (Å²) < 4.78 is 32.8. The Bertz CT molecular complexity index is 725. The van der Waals surface area contributed by atoms with Crippen molar-refractivity contribution in [2.45, 2.75) is 30.6 Å². The number of hydrogen-bond acceptors (Lipinski definition) is 5. The van der Waals surface area contributed by atoms with Crippen LogP contribution in [0.25, 0.3) is 0 Å². The molecule has 2 fully saturated rings. The van der Waals surface area contributed by atoms with Crippen LogP contribution in [0.2, 0.25) is 0 Å². The van der Waals surface area contributed by atoms with Gasteiger partial charge in [0.05, 0.1) is 18.1 Å². The molecule has 2 heterocycles. The van der Waals surface area contributed by atoms with E-state index in [1.54, 1.807) is 12.1 Å². The van der Waals surface area contributed by atoms with Gasteiger partial charge in [-0.3, -0.25) is 4.90 Å². The van der Waals surface area contributed by atoms with Crippen LogP contribution in [0, 0.1) is 0 Å². The van der Waals surface area contributed by atoms with Crippen LogP contribution in [0.1, 0.15) is 25.7 Å². The summed E-state index contributed by atoms with van der Waals surface area (Å²) in [6.45, 7) is 5.59. The van der Waals surface area contributed by atoms with Gasteiger partial charge < -0.3 is 15.0 Å². The van der Waals surface area contributed by atoms with E-state index in [2.05, 4.69) is 14.9 Å². The first-order chi connectivity index (χ1) is 13.5. The standard InChI is InChI=1S/C19H30N4O4S/c24-19(23-10-3-1-2-4-11-23)21-17-5-7-18(8-6-17)28(25,26)20-9-12-22-13-15-27-16-14-22/h5-8,20H,1-4,9-16H2,(H,21,24). The lowest BCUT2D eigenvalue weighted by Crippen LogP contribution is -2.41. The van der Waals surface area contributed by atoms with Crippen molar-refractivity contribution < 1.29 is 17.9 Å². The van der Waals surface area contributed by atoms with Crippen molar-refractivity contribution >= 4 is 21.7 Å². The largest absolute Gasteiger partial charge is 0.379 e. The highest BCUT2D eigenvalue weighted by Crippen LogP contribution is 2.16. The zero-order valence-electron chi connectivity index (χ0n) is 16.2. The number of amides is 2. The van der Waals surface area contributed by atoms with Gasteiger partial charge in [-0.05, 0) is 37.1 Å². The third-order valence-corrected chi connectivity index (χ3v) is 6.61. The summed E-state index contributed by atoms with van der Waals surface area (Å²) in [5.74, 6) is 0. The van der Waals surface area contributed by atoms with Gasteiger partial charge in [-0.2, -0.15) is 0 Å². The van der Waals surface area contributed by atoms with E-state index >= 15 is 0 Å². The summed E-state index contributed by atoms with van der Waals surface area (Å²) in [5, 5.41) is 2.86. The second-order valence-electron chi connectivity index (χ2n) is 7.21. The zero-order valence-corrected chi connectivity index (χ0v) is 17.0. The van der Waals surface area contributed by atoms with Crippen molar-refractivity contribution in [3.05, 3.63) is 24.3 Å². The molecule has 28 heavy (non-hydrogen) atoms. The lowest BCUT2D eigenvalue weighted by molar-refractivity contribution is 0.0390. The van der Waals surface area contributed by atoms with E-state index in [1.165, 1.54) is 12.1 Å². The maximum atomic E-state index is 12.4. The molecule has 0 bridgehead atoms. The van der Waals surface area contributed by atoms with Crippen molar-refractivity contribution in [2.24, 2.45) is 0 Å². The number of likely N-dealkylation sites (tertiary alicyclic amines) is 1. The quantitative estimate of drug-likeness (QED) is 0.745. The smallest absolute Gasteiger partial charge is 0.321 e. The summed E-state index contributed by atoms with van der Waals surface area (Å²) in [6.07, 6.45) is 4.38. The molecule has 2 aliphatic rings. The van der Waals surface area contributed by atoms with Crippen LogP contribution >= 0.6 is 0 Å². The Balaban J connectivity index is 1.49. The Hall–Kier alpha value is -1.68. The van der Waals surface area contributed by atoms with Crippen molar-refractivity contribution in [3.63, 3.8) is 0 Å². The SMILES string of the molecule is O=C(Nc1ccc(S(=O)(=O)NCCN2CCOCC2)cc1)N1CCCCCC1. The molecule has 0 atom stereocenters. The molecule has 0 spiro atoms. The van der Waals surface area contributed by atoms with Gasteiger partial charge in [0.2, 0.25) is 10.0 Å². The molecular weight excluding hydrogens is 380 g/mol. The molecule has 0 aliphatic carbocycles. The number of sulfonamides is 1. The Morgan fingerprint density at radius 3 is 2.25 bits per heavy atom. The molecule has 0 aromatic heterocycles. The molecule has 2 amide bonds. The lowest BCUT2D eigenvalue weighted by Gasteiger charge is -2.26. The molecule has 0 radical (unpaired) electrons. The first-order valence-electron chi connectivity index (χ1n) is 10.0. The molecule has 9 heteroatoms. The summed E-state index contributed by atoms with van der Waals surface area (Å²) in [7, 11) is -3.56. The molecule has 2 N–H and O–H groups in total. The highest BCUT2D eigenvalue weighted by atomic mass is 32.2. The molecule has 3 rings (SSSR count). The van der Waals surface area contributed by atoms with Crippen LogP contribution < -0.4 is 10.0 Å². The lowest BCUT2D eigenvalue weighted by atomic mass is 10.2. The second-order valence-corrected chi connectivity index (χ2v) is 8.97. The van der Waals surface area contributed by atoms with Crippen LogP contribution in [0.4, 0.5) is 10.5 Å². The van der Waals surface area contributed by atoms with Gasteiger partial charge in [0.1, 0.15) is 0 Å². The average Bonchev–Trinajstić information content (AvgIpc) is 2.99. The molecular formula is C19H30N4O4S. The van der Waals surface area contributed by atoms with E-state index in [0.717, 1.165) is 51.9 Å². The Morgan fingerprint density at radius 2 is 1.61 bits per heavy atom. The topological polar surface area (TPSA) is 91.0 Å². The van der Waals surface area contributed by atoms with Gasteiger partial charge in [0, 0.05) is 45.0 Å². The fourth-order valence-corrected chi connectivity index (χ4v) is 4.46. The molecule has 0 saturated carbocycles. The number of rotatable bonds is 6. The fraction of sp³-hybridized carbons (Fsp3) is 0.632. The van der Waals surface area contributed by atoms with E-state index in [4.69, 9.17) is 4.74 Å². The van der Waals surface area contributed by atoms with E-state index in [1.807, 2.05) is 4.90 Å². The van der Waals surface area contributed by atoms with Gasteiger partial charge in [-0.1, -0.05) is 12.8 Å². The summed E-state index contributed by atoms with van der Waals surface area (Å²) >= 11 is 0. The predicted octanol–water partition coefficient (Wildman–Crippen LogP) is 1.71. The first kappa shape index (κ1) is 21.0. The summed E-state index contributed by atoms with van der Waals surface area (Å²) in [4.78, 5) is 16.6. The van der Waals surface area contributed by atoms with Crippen molar-refractivity contribution in [1.82, 2.24) is 14.5 Å². The number of ether oxygens (including phenoxy) is 1. The number of benzene rings is 1. The van der Waals surface area contributed by atoms with E-state index in [-0.39, 0.29) is 10.9 Å². The normalized spacial score (nSPS) is 19.2. The Morgan fingerprint density at radius 1 is 0.964 bits per heavy atom. The maximum absolute atomic E-state index is 12.4. The van der Waals surface area contributed by atoms with Crippen LogP contribution in [-0.4, -0.2) is 76.7 Å². The predicted molar refractivity (Wildman–Crippen MR) is 108 cm³/mol. The van der Waals surface area contributed by atoms with Gasteiger partial charge in [0.15, 0.2) is 0 Å².